The minimum absolute atomic E-state index is 0.221. The first-order valence-electron chi connectivity index (χ1n) is 8.63. The van der Waals surface area contributed by atoms with E-state index in [9.17, 15) is 4.79 Å². The Labute approximate surface area is 154 Å². The second-order valence-corrected chi connectivity index (χ2v) is 6.83. The zero-order chi connectivity index (χ0) is 17.8. The quantitative estimate of drug-likeness (QED) is 0.723. The van der Waals surface area contributed by atoms with E-state index < -0.39 is 0 Å². The van der Waals surface area contributed by atoms with E-state index >= 15 is 0 Å². The van der Waals surface area contributed by atoms with Crippen molar-refractivity contribution in [2.75, 3.05) is 10.6 Å². The second-order valence-electron chi connectivity index (χ2n) is 6.45. The van der Waals surface area contributed by atoms with Crippen LogP contribution in [0.2, 0.25) is 5.02 Å². The van der Waals surface area contributed by atoms with Crippen molar-refractivity contribution in [2.24, 2.45) is 0 Å². The van der Waals surface area contributed by atoms with Crippen molar-refractivity contribution in [1.82, 2.24) is 0 Å². The van der Waals surface area contributed by atoms with Crippen molar-refractivity contribution in [2.45, 2.75) is 39.7 Å². The van der Waals surface area contributed by atoms with Crippen LogP contribution in [0.3, 0.4) is 0 Å². The number of carbonyl (C=O) groups excluding carboxylic acids is 1. The maximum atomic E-state index is 11.9. The van der Waals surface area contributed by atoms with Crippen molar-refractivity contribution < 1.29 is 4.79 Å². The third kappa shape index (κ3) is 4.05. The number of carbonyl (C=O) groups is 1. The summed E-state index contributed by atoms with van der Waals surface area (Å²) in [6.07, 6.45) is 2.42. The fraction of sp³-hybridized carbons (Fsp3) is 0.286. The van der Waals surface area contributed by atoms with Crippen molar-refractivity contribution in [3.63, 3.8) is 0 Å². The molecule has 3 rings (SSSR count). The molecule has 130 valence electrons. The molecule has 1 aliphatic carbocycles. The highest BCUT2D eigenvalue weighted by Crippen LogP contribution is 2.33. The predicted molar refractivity (Wildman–Crippen MR) is 105 cm³/mol. The van der Waals surface area contributed by atoms with Gasteiger partial charge in [0.15, 0.2) is 5.78 Å². The van der Waals surface area contributed by atoms with E-state index in [0.717, 1.165) is 42.0 Å². The Morgan fingerprint density at radius 2 is 1.76 bits per heavy atom. The number of benzene rings is 2. The summed E-state index contributed by atoms with van der Waals surface area (Å²) in [5, 5.41) is 7.43. The van der Waals surface area contributed by atoms with Gasteiger partial charge < -0.3 is 10.6 Å². The number of nitrogens with one attached hydrogen (secondary N) is 2. The highest BCUT2D eigenvalue weighted by molar-refractivity contribution is 6.36. The van der Waals surface area contributed by atoms with E-state index in [1.165, 1.54) is 11.1 Å². The smallest absolute Gasteiger partial charge is 0.160 e. The Hall–Kier alpha value is -2.26. The van der Waals surface area contributed by atoms with Gasteiger partial charge >= 0.3 is 0 Å². The summed E-state index contributed by atoms with van der Waals surface area (Å²) in [6, 6.07) is 14.2. The molecule has 2 aromatic carbocycles. The Bertz CT molecular complexity index is 826. The van der Waals surface area contributed by atoms with Gasteiger partial charge in [0.05, 0.1) is 16.4 Å². The number of halogens is 1. The summed E-state index contributed by atoms with van der Waals surface area (Å²) in [7, 11) is 0. The van der Waals surface area contributed by atoms with Crippen molar-refractivity contribution in [3.8, 4) is 0 Å². The van der Waals surface area contributed by atoms with E-state index in [1.54, 1.807) is 0 Å². The number of ketones is 1. The molecule has 2 N–H and O–H groups in total. The molecule has 3 nitrogen and oxygen atoms in total. The lowest BCUT2D eigenvalue weighted by atomic mass is 9.96. The monoisotopic (exact) mass is 354 g/mol. The Morgan fingerprint density at radius 3 is 2.56 bits per heavy atom. The molecule has 0 bridgehead atoms. The number of hydrogen-bond acceptors (Lipinski definition) is 3. The van der Waals surface area contributed by atoms with Crippen molar-refractivity contribution in [1.29, 1.82) is 0 Å². The molecule has 0 aromatic heterocycles. The first-order chi connectivity index (χ1) is 12.1. The maximum Gasteiger partial charge on any atom is 0.160 e. The lowest BCUT2D eigenvalue weighted by Crippen LogP contribution is -2.14. The molecule has 2 aromatic rings. The third-order valence-corrected chi connectivity index (χ3v) is 5.12. The minimum atomic E-state index is 0.221. The van der Waals surface area contributed by atoms with Crippen LogP contribution in [0.15, 0.2) is 53.7 Å². The molecule has 0 amide bonds. The van der Waals surface area contributed by atoms with Crippen LogP contribution in [0.1, 0.15) is 37.3 Å². The van der Waals surface area contributed by atoms with Crippen LogP contribution in [0, 0.1) is 6.92 Å². The van der Waals surface area contributed by atoms with Gasteiger partial charge in [0, 0.05) is 24.2 Å². The van der Waals surface area contributed by atoms with E-state index in [-0.39, 0.29) is 5.78 Å². The molecule has 4 heteroatoms. The number of allylic oxidation sites excluding steroid dienone is 2. The summed E-state index contributed by atoms with van der Waals surface area (Å²) >= 11 is 6.59. The molecule has 0 radical (unpaired) electrons. The van der Waals surface area contributed by atoms with Gasteiger partial charge in [-0.2, -0.15) is 0 Å². The highest BCUT2D eigenvalue weighted by Gasteiger charge is 2.18. The van der Waals surface area contributed by atoms with E-state index in [1.807, 2.05) is 37.3 Å². The molecule has 1 aliphatic rings. The van der Waals surface area contributed by atoms with Crippen LogP contribution in [0.4, 0.5) is 11.4 Å². The average molecular weight is 355 g/mol. The Morgan fingerprint density at radius 1 is 1.00 bits per heavy atom. The molecule has 0 saturated heterocycles. The largest absolute Gasteiger partial charge is 0.380 e. The van der Waals surface area contributed by atoms with Gasteiger partial charge in [0.1, 0.15) is 0 Å². The zero-order valence-corrected chi connectivity index (χ0v) is 15.4. The van der Waals surface area contributed by atoms with Gasteiger partial charge in [-0.15, -0.1) is 0 Å². The lowest BCUT2D eigenvalue weighted by Gasteiger charge is -2.20. The number of Topliss-reactive ketones (excluding diaryl/α,β-unsaturated/α-hetero) is 1. The van der Waals surface area contributed by atoms with Gasteiger partial charge in [0.2, 0.25) is 0 Å². The second kappa shape index (κ2) is 7.75. The molecule has 0 heterocycles. The Balaban J connectivity index is 1.77. The minimum Gasteiger partial charge on any atom is -0.380 e. The molecule has 25 heavy (non-hydrogen) atoms. The number of aryl methyl sites for hydroxylation is 1. The number of rotatable bonds is 5. The topological polar surface area (TPSA) is 41.1 Å². The molecular formula is C21H23ClN2O. The van der Waals surface area contributed by atoms with Crippen LogP contribution in [-0.4, -0.2) is 5.78 Å². The van der Waals surface area contributed by atoms with Crippen LogP contribution in [0.25, 0.3) is 0 Å². The molecule has 0 saturated carbocycles. The van der Waals surface area contributed by atoms with Crippen LogP contribution in [-0.2, 0) is 11.3 Å². The first kappa shape index (κ1) is 17.6. The van der Waals surface area contributed by atoms with Crippen molar-refractivity contribution >= 4 is 28.8 Å². The molecule has 0 spiro atoms. The van der Waals surface area contributed by atoms with E-state index in [2.05, 4.69) is 29.7 Å². The molecule has 0 aliphatic heterocycles. The van der Waals surface area contributed by atoms with Gasteiger partial charge in [-0.25, -0.2) is 0 Å². The van der Waals surface area contributed by atoms with Crippen molar-refractivity contribution in [3.05, 3.63) is 69.9 Å². The number of anilines is 2. The predicted octanol–water partition coefficient (Wildman–Crippen LogP) is 5.70. The SMILES string of the molecule is CC1=C(Nc2cccc(NCc3ccccc3C)c2Cl)CCCC1=O. The average Bonchev–Trinajstić information content (AvgIpc) is 2.61. The van der Waals surface area contributed by atoms with Gasteiger partial charge in [-0.1, -0.05) is 41.9 Å². The normalized spacial score (nSPS) is 14.6. The van der Waals surface area contributed by atoms with Crippen LogP contribution < -0.4 is 10.6 Å². The molecule has 0 atom stereocenters. The van der Waals surface area contributed by atoms with E-state index in [4.69, 9.17) is 11.6 Å². The highest BCUT2D eigenvalue weighted by atomic mass is 35.5. The summed E-state index contributed by atoms with van der Waals surface area (Å²) in [6.45, 7) is 4.71. The summed E-state index contributed by atoms with van der Waals surface area (Å²) in [5.74, 6) is 0.221. The molecule has 0 unspecified atom stereocenters. The summed E-state index contributed by atoms with van der Waals surface area (Å²) < 4.78 is 0. The Kier molecular flexibility index (Phi) is 5.44. The summed E-state index contributed by atoms with van der Waals surface area (Å²) in [4.78, 5) is 11.9. The fourth-order valence-corrected chi connectivity index (χ4v) is 3.29. The van der Waals surface area contributed by atoms with Gasteiger partial charge in [-0.05, 0) is 49.9 Å². The number of hydrogen-bond donors (Lipinski definition) is 2. The van der Waals surface area contributed by atoms with Gasteiger partial charge in [-0.3, -0.25) is 4.79 Å². The molecular weight excluding hydrogens is 332 g/mol. The fourth-order valence-electron chi connectivity index (χ4n) is 3.05. The van der Waals surface area contributed by atoms with Crippen LogP contribution in [0.5, 0.6) is 0 Å². The summed E-state index contributed by atoms with van der Waals surface area (Å²) in [5.41, 5.74) is 6.01. The lowest BCUT2D eigenvalue weighted by molar-refractivity contribution is -0.116. The van der Waals surface area contributed by atoms with Gasteiger partial charge in [0.25, 0.3) is 0 Å². The standard InChI is InChI=1S/C21H23ClN2O/c1-14-7-3-4-8-16(14)13-23-18-10-5-11-19(21(18)22)24-17-9-6-12-20(25)15(17)2/h3-5,7-8,10-11,23-24H,6,9,12-13H2,1-2H3. The van der Waals surface area contributed by atoms with Crippen LogP contribution >= 0.6 is 11.6 Å². The third-order valence-electron chi connectivity index (χ3n) is 4.72. The zero-order valence-electron chi connectivity index (χ0n) is 14.7. The maximum absolute atomic E-state index is 11.9. The first-order valence-corrected chi connectivity index (χ1v) is 9.01. The van der Waals surface area contributed by atoms with E-state index in [0.29, 0.717) is 11.4 Å². The molecule has 0 fully saturated rings.